The topological polar surface area (TPSA) is 97.4 Å². The molecule has 0 aliphatic rings. The van der Waals surface area contributed by atoms with Crippen molar-refractivity contribution in [3.8, 4) is 5.75 Å². The van der Waals surface area contributed by atoms with Gasteiger partial charge in [-0.05, 0) is 30.3 Å². The highest BCUT2D eigenvalue weighted by Gasteiger charge is 2.17. The van der Waals surface area contributed by atoms with Crippen LogP contribution in [-0.2, 0) is 16.6 Å². The van der Waals surface area contributed by atoms with Gasteiger partial charge >= 0.3 is 6.61 Å². The summed E-state index contributed by atoms with van der Waals surface area (Å²) in [5.41, 5.74) is 0.596. The summed E-state index contributed by atoms with van der Waals surface area (Å²) >= 11 is 1.14. The number of carbonyl (C=O) groups excluding carboxylic acids is 1. The molecule has 152 valence electrons. The fraction of sp³-hybridized carbons (Fsp3) is 0.111. The van der Waals surface area contributed by atoms with E-state index in [1.807, 2.05) is 0 Å². The number of anilines is 1. The second kappa shape index (κ2) is 8.97. The summed E-state index contributed by atoms with van der Waals surface area (Å²) < 4.78 is 56.2. The normalized spacial score (nSPS) is 11.3. The number of thiazole rings is 1. The van der Waals surface area contributed by atoms with Gasteiger partial charge in [0.2, 0.25) is 0 Å². The second-order valence-electron chi connectivity index (χ2n) is 5.64. The first kappa shape index (κ1) is 20.7. The average Bonchev–Trinajstić information content (AvgIpc) is 3.19. The van der Waals surface area contributed by atoms with Crippen LogP contribution >= 0.6 is 11.3 Å². The van der Waals surface area contributed by atoms with Crippen LogP contribution in [0.2, 0.25) is 0 Å². The SMILES string of the molecule is O=C(NCc1ccccc1OC(F)F)c1ccc(S(=O)(=O)Nc2nccs2)cc1. The lowest BCUT2D eigenvalue weighted by Crippen LogP contribution is -2.23. The molecule has 0 atom stereocenters. The Bertz CT molecular complexity index is 1070. The minimum absolute atomic E-state index is 0.0278. The number of nitrogens with zero attached hydrogens (tertiary/aromatic N) is 1. The second-order valence-corrected chi connectivity index (χ2v) is 8.21. The first-order valence-electron chi connectivity index (χ1n) is 8.18. The molecule has 0 spiro atoms. The van der Waals surface area contributed by atoms with Gasteiger partial charge in [-0.25, -0.2) is 13.4 Å². The molecule has 3 rings (SSSR count). The number of nitrogens with one attached hydrogen (secondary N) is 2. The van der Waals surface area contributed by atoms with Gasteiger partial charge in [-0.2, -0.15) is 8.78 Å². The van der Waals surface area contributed by atoms with E-state index in [2.05, 4.69) is 19.8 Å². The molecular formula is C18H15F2N3O4S2. The number of alkyl halides is 2. The highest BCUT2D eigenvalue weighted by atomic mass is 32.2. The molecule has 2 aromatic carbocycles. The zero-order valence-corrected chi connectivity index (χ0v) is 16.3. The van der Waals surface area contributed by atoms with E-state index >= 15 is 0 Å². The van der Waals surface area contributed by atoms with Crippen molar-refractivity contribution < 1.29 is 26.7 Å². The summed E-state index contributed by atoms with van der Waals surface area (Å²) in [6.45, 7) is -3.01. The maximum atomic E-state index is 12.5. The Morgan fingerprint density at radius 3 is 2.52 bits per heavy atom. The van der Waals surface area contributed by atoms with Crippen LogP contribution in [0.15, 0.2) is 65.0 Å². The molecule has 2 N–H and O–H groups in total. The van der Waals surface area contributed by atoms with Gasteiger partial charge in [0, 0.05) is 29.2 Å². The molecule has 29 heavy (non-hydrogen) atoms. The van der Waals surface area contributed by atoms with Gasteiger partial charge in [0.15, 0.2) is 5.13 Å². The fourth-order valence-electron chi connectivity index (χ4n) is 2.37. The van der Waals surface area contributed by atoms with Crippen molar-refractivity contribution in [1.82, 2.24) is 10.3 Å². The quantitative estimate of drug-likeness (QED) is 0.560. The Labute approximate surface area is 169 Å². The number of benzene rings is 2. The van der Waals surface area contributed by atoms with E-state index < -0.39 is 22.5 Å². The number of halogens is 2. The zero-order chi connectivity index (χ0) is 20.9. The number of sulfonamides is 1. The number of amides is 1. The maximum absolute atomic E-state index is 12.5. The highest BCUT2D eigenvalue weighted by Crippen LogP contribution is 2.21. The smallest absolute Gasteiger partial charge is 0.387 e. The van der Waals surface area contributed by atoms with Crippen molar-refractivity contribution in [2.24, 2.45) is 0 Å². The number of para-hydroxylation sites is 1. The first-order chi connectivity index (χ1) is 13.8. The van der Waals surface area contributed by atoms with E-state index in [1.54, 1.807) is 23.6 Å². The van der Waals surface area contributed by atoms with Crippen LogP contribution in [0.3, 0.4) is 0 Å². The van der Waals surface area contributed by atoms with Crippen LogP contribution < -0.4 is 14.8 Å². The van der Waals surface area contributed by atoms with Crippen LogP contribution in [0.4, 0.5) is 13.9 Å². The molecule has 0 bridgehead atoms. The van der Waals surface area contributed by atoms with Crippen LogP contribution in [0, 0.1) is 0 Å². The molecule has 11 heteroatoms. The van der Waals surface area contributed by atoms with E-state index in [1.165, 1.54) is 36.5 Å². The lowest BCUT2D eigenvalue weighted by molar-refractivity contribution is -0.0504. The molecular weight excluding hydrogens is 424 g/mol. The number of aromatic nitrogens is 1. The van der Waals surface area contributed by atoms with E-state index in [0.717, 1.165) is 11.3 Å². The van der Waals surface area contributed by atoms with E-state index in [9.17, 15) is 22.0 Å². The highest BCUT2D eigenvalue weighted by molar-refractivity contribution is 7.93. The summed E-state index contributed by atoms with van der Waals surface area (Å²) in [5, 5.41) is 4.45. The number of hydrogen-bond acceptors (Lipinski definition) is 6. The molecule has 0 aliphatic carbocycles. The zero-order valence-electron chi connectivity index (χ0n) is 14.7. The van der Waals surface area contributed by atoms with Crippen molar-refractivity contribution in [3.63, 3.8) is 0 Å². The lowest BCUT2D eigenvalue weighted by Gasteiger charge is -2.11. The Morgan fingerprint density at radius 1 is 1.14 bits per heavy atom. The Hall–Kier alpha value is -3.05. The Balaban J connectivity index is 1.65. The maximum Gasteiger partial charge on any atom is 0.387 e. The molecule has 1 heterocycles. The van der Waals surface area contributed by atoms with Crippen LogP contribution in [0.5, 0.6) is 5.75 Å². The molecule has 0 saturated heterocycles. The van der Waals surface area contributed by atoms with Crippen LogP contribution in [0.1, 0.15) is 15.9 Å². The molecule has 0 saturated carbocycles. The third kappa shape index (κ3) is 5.48. The van der Waals surface area contributed by atoms with Crippen molar-refractivity contribution >= 4 is 32.4 Å². The predicted octanol–water partition coefficient (Wildman–Crippen LogP) is 3.48. The molecule has 0 unspecified atom stereocenters. The van der Waals surface area contributed by atoms with Gasteiger partial charge < -0.3 is 10.1 Å². The summed E-state index contributed by atoms with van der Waals surface area (Å²) in [4.78, 5) is 16.1. The number of carbonyl (C=O) groups is 1. The minimum Gasteiger partial charge on any atom is -0.434 e. The van der Waals surface area contributed by atoms with Crippen molar-refractivity contribution in [3.05, 3.63) is 71.2 Å². The largest absolute Gasteiger partial charge is 0.434 e. The van der Waals surface area contributed by atoms with Gasteiger partial charge in [0.25, 0.3) is 15.9 Å². The first-order valence-corrected chi connectivity index (χ1v) is 10.5. The van der Waals surface area contributed by atoms with E-state index in [0.29, 0.717) is 5.56 Å². The Kier molecular flexibility index (Phi) is 6.39. The predicted molar refractivity (Wildman–Crippen MR) is 104 cm³/mol. The van der Waals surface area contributed by atoms with Crippen LogP contribution in [0.25, 0.3) is 0 Å². The van der Waals surface area contributed by atoms with E-state index in [-0.39, 0.29) is 27.9 Å². The molecule has 0 radical (unpaired) electrons. The van der Waals surface area contributed by atoms with Crippen molar-refractivity contribution in [2.45, 2.75) is 18.1 Å². The Morgan fingerprint density at radius 2 is 1.86 bits per heavy atom. The standard InChI is InChI=1S/C18H15F2N3O4S2/c19-17(20)27-15-4-2-1-3-13(15)11-22-16(24)12-5-7-14(8-6-12)29(25,26)23-18-21-9-10-28-18/h1-10,17H,11H2,(H,21,23)(H,22,24). The molecule has 0 aliphatic heterocycles. The van der Waals surface area contributed by atoms with Gasteiger partial charge in [0.05, 0.1) is 4.90 Å². The monoisotopic (exact) mass is 439 g/mol. The summed E-state index contributed by atoms with van der Waals surface area (Å²) in [6.07, 6.45) is 1.47. The minimum atomic E-state index is -3.82. The van der Waals surface area contributed by atoms with Gasteiger partial charge in [-0.3, -0.25) is 9.52 Å². The number of ether oxygens (including phenoxy) is 1. The summed E-state index contributed by atoms with van der Waals surface area (Å²) in [5.74, 6) is -0.522. The molecule has 0 fully saturated rings. The van der Waals surface area contributed by atoms with E-state index in [4.69, 9.17) is 0 Å². The van der Waals surface area contributed by atoms with Gasteiger partial charge in [0.1, 0.15) is 5.75 Å². The molecule has 7 nitrogen and oxygen atoms in total. The van der Waals surface area contributed by atoms with Crippen molar-refractivity contribution in [2.75, 3.05) is 4.72 Å². The third-order valence-electron chi connectivity index (χ3n) is 3.71. The third-order valence-corrected chi connectivity index (χ3v) is 5.88. The average molecular weight is 439 g/mol. The fourth-order valence-corrected chi connectivity index (χ4v) is 4.16. The summed E-state index contributed by atoms with van der Waals surface area (Å²) in [7, 11) is -3.82. The molecule has 1 amide bonds. The molecule has 3 aromatic rings. The van der Waals surface area contributed by atoms with Gasteiger partial charge in [-0.1, -0.05) is 18.2 Å². The summed E-state index contributed by atoms with van der Waals surface area (Å²) in [6, 6.07) is 11.4. The lowest BCUT2D eigenvalue weighted by atomic mass is 10.2. The number of hydrogen-bond donors (Lipinski definition) is 2. The van der Waals surface area contributed by atoms with Crippen LogP contribution in [-0.4, -0.2) is 25.9 Å². The number of rotatable bonds is 8. The van der Waals surface area contributed by atoms with Gasteiger partial charge in [-0.15, -0.1) is 11.3 Å². The molecule has 1 aromatic heterocycles. The van der Waals surface area contributed by atoms with Crippen molar-refractivity contribution in [1.29, 1.82) is 0 Å².